The minimum Gasteiger partial charge on any atom is -0.347 e. The van der Waals surface area contributed by atoms with Crippen LogP contribution in [-0.2, 0) is 4.79 Å². The Morgan fingerprint density at radius 3 is 2.57 bits per heavy atom. The number of aryl methyl sites for hydroxylation is 1. The van der Waals surface area contributed by atoms with Crippen LogP contribution in [0.2, 0.25) is 0 Å². The summed E-state index contributed by atoms with van der Waals surface area (Å²) in [6, 6.07) is 1.90. The molecule has 0 spiro atoms. The first kappa shape index (κ1) is 12.0. The monoisotopic (exact) mass is 295 g/mol. The lowest BCUT2D eigenvalue weighted by molar-refractivity contribution is -0.128. The number of carbonyl (C=O) groups excluding carboxylic acids is 1. The zero-order valence-electron chi connectivity index (χ0n) is 8.17. The molecule has 14 heavy (non-hydrogen) atoms. The Morgan fingerprint density at radius 2 is 2.21 bits per heavy atom. The molecule has 0 aliphatic carbocycles. The van der Waals surface area contributed by atoms with E-state index in [4.69, 9.17) is 11.6 Å². The summed E-state index contributed by atoms with van der Waals surface area (Å²) < 4.78 is 1.01. The van der Waals surface area contributed by atoms with Crippen molar-refractivity contribution in [1.29, 1.82) is 0 Å². The van der Waals surface area contributed by atoms with E-state index in [2.05, 4.69) is 15.9 Å². The van der Waals surface area contributed by atoms with Gasteiger partial charge in [0.2, 0.25) is 5.91 Å². The molecule has 0 saturated carbocycles. The highest BCUT2D eigenvalue weighted by atomic mass is 79.9. The van der Waals surface area contributed by atoms with Gasteiger partial charge in [0.25, 0.3) is 0 Å². The standard InChI is InChI=1S/C9H11BrClNOS/c1-5-6(10)4-7(14-5)8(11)9(13)12(2)3/h4,8H,1-3H3. The molecule has 0 fully saturated rings. The molecule has 0 aromatic carbocycles. The van der Waals surface area contributed by atoms with Gasteiger partial charge in [-0.25, -0.2) is 0 Å². The van der Waals surface area contributed by atoms with Crippen LogP contribution < -0.4 is 0 Å². The van der Waals surface area contributed by atoms with Crippen molar-refractivity contribution in [2.75, 3.05) is 14.1 Å². The molecule has 0 bridgehead atoms. The summed E-state index contributed by atoms with van der Waals surface area (Å²) in [5, 5.41) is -0.569. The van der Waals surface area contributed by atoms with Gasteiger partial charge in [-0.1, -0.05) is 0 Å². The Bertz CT molecular complexity index is 331. The maximum absolute atomic E-state index is 11.5. The number of halogens is 2. The number of rotatable bonds is 2. The van der Waals surface area contributed by atoms with Crippen LogP contribution in [0.15, 0.2) is 10.5 Å². The fraction of sp³-hybridized carbons (Fsp3) is 0.444. The van der Waals surface area contributed by atoms with Crippen LogP contribution in [0, 0.1) is 6.92 Å². The van der Waals surface area contributed by atoms with E-state index in [0.29, 0.717) is 0 Å². The van der Waals surface area contributed by atoms with Crippen LogP contribution in [0.25, 0.3) is 0 Å². The Labute approximate surface area is 101 Å². The Hall–Kier alpha value is -0.0600. The zero-order chi connectivity index (χ0) is 10.9. The van der Waals surface area contributed by atoms with Crippen molar-refractivity contribution in [3.8, 4) is 0 Å². The molecule has 1 rings (SSSR count). The molecule has 2 nitrogen and oxygen atoms in total. The Kier molecular flexibility index (Phi) is 3.98. The number of hydrogen-bond acceptors (Lipinski definition) is 2. The van der Waals surface area contributed by atoms with Gasteiger partial charge in [-0.15, -0.1) is 22.9 Å². The number of hydrogen-bond donors (Lipinski definition) is 0. The molecule has 0 aliphatic heterocycles. The third-order valence-electron chi connectivity index (χ3n) is 1.78. The van der Waals surface area contributed by atoms with Crippen molar-refractivity contribution in [2.45, 2.75) is 12.3 Å². The van der Waals surface area contributed by atoms with E-state index in [0.717, 1.165) is 14.2 Å². The molecule has 1 unspecified atom stereocenters. The second kappa shape index (κ2) is 4.64. The number of alkyl halides is 1. The minimum atomic E-state index is -0.569. The molecule has 0 N–H and O–H groups in total. The van der Waals surface area contributed by atoms with E-state index >= 15 is 0 Å². The number of carbonyl (C=O) groups is 1. The number of nitrogens with zero attached hydrogens (tertiary/aromatic N) is 1. The normalized spacial score (nSPS) is 12.6. The minimum absolute atomic E-state index is 0.0829. The highest BCUT2D eigenvalue weighted by molar-refractivity contribution is 9.10. The second-order valence-corrected chi connectivity index (χ2v) is 5.73. The van der Waals surface area contributed by atoms with Crippen LogP contribution in [0.4, 0.5) is 0 Å². The van der Waals surface area contributed by atoms with Gasteiger partial charge in [-0.2, -0.15) is 0 Å². The molecular formula is C9H11BrClNOS. The lowest BCUT2D eigenvalue weighted by Gasteiger charge is -2.13. The quantitative estimate of drug-likeness (QED) is 0.768. The second-order valence-electron chi connectivity index (χ2n) is 3.15. The first-order chi connectivity index (χ1) is 6.43. The van der Waals surface area contributed by atoms with Crippen LogP contribution in [0.1, 0.15) is 15.1 Å². The van der Waals surface area contributed by atoms with Crippen molar-refractivity contribution in [2.24, 2.45) is 0 Å². The predicted molar refractivity (Wildman–Crippen MR) is 64.0 cm³/mol. The van der Waals surface area contributed by atoms with Gasteiger partial charge in [0.1, 0.15) is 5.38 Å². The van der Waals surface area contributed by atoms with Gasteiger partial charge >= 0.3 is 0 Å². The molecular weight excluding hydrogens is 286 g/mol. The Balaban J connectivity index is 2.89. The van der Waals surface area contributed by atoms with Gasteiger partial charge < -0.3 is 4.90 Å². The van der Waals surface area contributed by atoms with E-state index in [9.17, 15) is 4.79 Å². The maximum Gasteiger partial charge on any atom is 0.245 e. The highest BCUT2D eigenvalue weighted by Crippen LogP contribution is 2.34. The molecule has 78 valence electrons. The van der Waals surface area contributed by atoms with Crippen LogP contribution in [-0.4, -0.2) is 24.9 Å². The molecule has 1 atom stereocenters. The summed E-state index contributed by atoms with van der Waals surface area (Å²) in [6.07, 6.45) is 0. The van der Waals surface area contributed by atoms with E-state index in [1.165, 1.54) is 4.90 Å². The zero-order valence-corrected chi connectivity index (χ0v) is 11.3. The van der Waals surface area contributed by atoms with E-state index in [-0.39, 0.29) is 5.91 Å². The van der Waals surface area contributed by atoms with Crippen LogP contribution >= 0.6 is 38.9 Å². The van der Waals surface area contributed by atoms with Gasteiger partial charge in [-0.3, -0.25) is 4.79 Å². The summed E-state index contributed by atoms with van der Waals surface area (Å²) in [7, 11) is 3.40. The summed E-state index contributed by atoms with van der Waals surface area (Å²) in [6.45, 7) is 1.99. The fourth-order valence-corrected chi connectivity index (χ4v) is 2.88. The van der Waals surface area contributed by atoms with E-state index < -0.39 is 5.38 Å². The summed E-state index contributed by atoms with van der Waals surface area (Å²) in [5.41, 5.74) is 0. The lowest BCUT2D eigenvalue weighted by Crippen LogP contribution is -2.25. The summed E-state index contributed by atoms with van der Waals surface area (Å²) in [4.78, 5) is 15.1. The molecule has 1 amide bonds. The SMILES string of the molecule is Cc1sc(C(Cl)C(=O)N(C)C)cc1Br. The number of thiophene rings is 1. The van der Waals surface area contributed by atoms with Gasteiger partial charge in [-0.05, 0) is 28.9 Å². The predicted octanol–water partition coefficient (Wildman–Crippen LogP) is 3.19. The van der Waals surface area contributed by atoms with Gasteiger partial charge in [0.15, 0.2) is 0 Å². The van der Waals surface area contributed by atoms with Crippen LogP contribution in [0.5, 0.6) is 0 Å². The Morgan fingerprint density at radius 1 is 1.64 bits per heavy atom. The highest BCUT2D eigenvalue weighted by Gasteiger charge is 2.21. The molecule has 1 aromatic heterocycles. The number of likely N-dealkylation sites (N-methyl/N-ethyl adjacent to an activating group) is 1. The van der Waals surface area contributed by atoms with E-state index in [1.807, 2.05) is 13.0 Å². The van der Waals surface area contributed by atoms with Crippen molar-refractivity contribution in [1.82, 2.24) is 4.90 Å². The van der Waals surface area contributed by atoms with Crippen molar-refractivity contribution >= 4 is 44.8 Å². The largest absolute Gasteiger partial charge is 0.347 e. The fourth-order valence-electron chi connectivity index (χ4n) is 0.955. The third-order valence-corrected chi connectivity index (χ3v) is 4.54. The first-order valence-electron chi connectivity index (χ1n) is 4.04. The summed E-state index contributed by atoms with van der Waals surface area (Å²) >= 11 is 11.0. The number of amides is 1. The van der Waals surface area contributed by atoms with Gasteiger partial charge in [0.05, 0.1) is 0 Å². The molecule has 1 heterocycles. The average Bonchev–Trinajstić information content (AvgIpc) is 2.44. The molecule has 0 aliphatic rings. The van der Waals surface area contributed by atoms with Crippen molar-refractivity contribution < 1.29 is 4.79 Å². The van der Waals surface area contributed by atoms with Crippen molar-refractivity contribution in [3.63, 3.8) is 0 Å². The van der Waals surface area contributed by atoms with E-state index in [1.54, 1.807) is 25.4 Å². The maximum atomic E-state index is 11.5. The van der Waals surface area contributed by atoms with Crippen molar-refractivity contribution in [3.05, 3.63) is 20.3 Å². The topological polar surface area (TPSA) is 20.3 Å². The molecule has 0 radical (unpaired) electrons. The average molecular weight is 297 g/mol. The third kappa shape index (κ3) is 2.49. The van der Waals surface area contributed by atoms with Gasteiger partial charge in [0, 0.05) is 28.3 Å². The molecule has 1 aromatic rings. The first-order valence-corrected chi connectivity index (χ1v) is 6.09. The molecule has 0 saturated heterocycles. The lowest BCUT2D eigenvalue weighted by atomic mass is 10.3. The molecule has 5 heteroatoms. The smallest absolute Gasteiger partial charge is 0.245 e. The van der Waals surface area contributed by atoms with Crippen LogP contribution in [0.3, 0.4) is 0 Å². The summed E-state index contributed by atoms with van der Waals surface area (Å²) in [5.74, 6) is -0.0829.